The van der Waals surface area contributed by atoms with Crippen LogP contribution in [-0.2, 0) is 4.57 Å². The molecule has 84 valence electrons. The maximum atomic E-state index is 10.7. The average molecular weight is 234 g/mol. The van der Waals surface area contributed by atoms with Crippen LogP contribution in [0, 0.1) is 0 Å². The van der Waals surface area contributed by atoms with Gasteiger partial charge < -0.3 is 14.0 Å². The Kier molecular flexibility index (Phi) is 3.57. The zero-order valence-electron chi connectivity index (χ0n) is 8.21. The summed E-state index contributed by atoms with van der Waals surface area (Å²) in [5.41, 5.74) is 0. The molecule has 0 saturated carbocycles. The van der Waals surface area contributed by atoms with Gasteiger partial charge in [0.1, 0.15) is 0 Å². The summed E-state index contributed by atoms with van der Waals surface area (Å²) >= 11 is 0. The highest BCUT2D eigenvalue weighted by atomic mass is 31.2. The van der Waals surface area contributed by atoms with Crippen LogP contribution in [0.4, 0.5) is 0 Å². The highest BCUT2D eigenvalue weighted by Gasteiger charge is 2.22. The Hall–Kier alpha value is -1.23. The quantitative estimate of drug-likeness (QED) is 0.761. The van der Waals surface area contributed by atoms with Gasteiger partial charge in [0.05, 0.1) is 14.2 Å². The van der Waals surface area contributed by atoms with E-state index in [0.717, 1.165) is 0 Å². The van der Waals surface area contributed by atoms with Crippen molar-refractivity contribution in [1.82, 2.24) is 0 Å². The van der Waals surface area contributed by atoms with Gasteiger partial charge in [0, 0.05) is 0 Å². The van der Waals surface area contributed by atoms with Crippen LogP contribution < -0.4 is 14.0 Å². The third kappa shape index (κ3) is 3.13. The number of hydrogen-bond donors (Lipinski definition) is 2. The van der Waals surface area contributed by atoms with Crippen molar-refractivity contribution >= 4 is 7.82 Å². The van der Waals surface area contributed by atoms with Gasteiger partial charge in [-0.25, -0.2) is 4.57 Å². The molecule has 0 atom stereocenters. The van der Waals surface area contributed by atoms with Crippen molar-refractivity contribution in [3.05, 3.63) is 18.2 Å². The molecule has 15 heavy (non-hydrogen) atoms. The standard InChI is InChI=1S/C8H11O6P/c1-12-6-4-3-5-7(13-2)8(6)14-15(9,10)11/h3-5H,1-2H3,(H2,9,10,11). The van der Waals surface area contributed by atoms with E-state index in [2.05, 4.69) is 4.52 Å². The van der Waals surface area contributed by atoms with Crippen molar-refractivity contribution in [3.8, 4) is 17.2 Å². The van der Waals surface area contributed by atoms with Crippen LogP contribution in [0.5, 0.6) is 17.2 Å². The molecule has 7 heteroatoms. The van der Waals surface area contributed by atoms with Crippen molar-refractivity contribution < 1.29 is 28.3 Å². The van der Waals surface area contributed by atoms with Crippen LogP contribution in [0.15, 0.2) is 18.2 Å². The van der Waals surface area contributed by atoms with Gasteiger partial charge in [0.15, 0.2) is 11.5 Å². The number of benzene rings is 1. The van der Waals surface area contributed by atoms with Crippen LogP contribution in [0.25, 0.3) is 0 Å². The molecule has 0 radical (unpaired) electrons. The van der Waals surface area contributed by atoms with Crippen molar-refractivity contribution in [2.24, 2.45) is 0 Å². The normalized spacial score (nSPS) is 10.9. The molecule has 0 fully saturated rings. The third-order valence-corrected chi connectivity index (χ3v) is 2.01. The van der Waals surface area contributed by atoms with Gasteiger partial charge in [-0.1, -0.05) is 6.07 Å². The van der Waals surface area contributed by atoms with Gasteiger partial charge in [-0.3, -0.25) is 9.79 Å². The second-order valence-electron chi connectivity index (χ2n) is 2.57. The zero-order chi connectivity index (χ0) is 11.5. The predicted octanol–water partition coefficient (Wildman–Crippen LogP) is 1.18. The Morgan fingerprint density at radius 1 is 1.13 bits per heavy atom. The molecule has 0 amide bonds. The molecule has 0 bridgehead atoms. The molecule has 0 heterocycles. The monoisotopic (exact) mass is 234 g/mol. The summed E-state index contributed by atoms with van der Waals surface area (Å²) in [5.74, 6) is 0.270. The first kappa shape index (κ1) is 11.8. The van der Waals surface area contributed by atoms with E-state index in [0.29, 0.717) is 0 Å². The molecular weight excluding hydrogens is 223 g/mol. The molecule has 1 rings (SSSR count). The van der Waals surface area contributed by atoms with E-state index in [1.54, 1.807) is 6.07 Å². The third-order valence-electron chi connectivity index (χ3n) is 1.59. The molecule has 0 aliphatic rings. The molecule has 0 aromatic heterocycles. The van der Waals surface area contributed by atoms with Gasteiger partial charge in [-0.05, 0) is 12.1 Å². The van der Waals surface area contributed by atoms with Crippen molar-refractivity contribution in [2.45, 2.75) is 0 Å². The summed E-state index contributed by atoms with van der Waals surface area (Å²) in [6.45, 7) is 0. The van der Waals surface area contributed by atoms with Gasteiger partial charge in [0.2, 0.25) is 5.75 Å². The Balaban J connectivity index is 3.16. The lowest BCUT2D eigenvalue weighted by molar-refractivity contribution is 0.269. The van der Waals surface area contributed by atoms with Gasteiger partial charge in [-0.2, -0.15) is 0 Å². The van der Waals surface area contributed by atoms with Crippen LogP contribution in [0.1, 0.15) is 0 Å². The van der Waals surface area contributed by atoms with Crippen LogP contribution in [-0.4, -0.2) is 24.0 Å². The van der Waals surface area contributed by atoms with E-state index in [4.69, 9.17) is 19.3 Å². The molecule has 2 N–H and O–H groups in total. The number of phosphoric ester groups is 1. The fourth-order valence-corrected chi connectivity index (χ4v) is 1.44. The number of hydrogen-bond acceptors (Lipinski definition) is 4. The van der Waals surface area contributed by atoms with E-state index < -0.39 is 7.82 Å². The summed E-state index contributed by atoms with van der Waals surface area (Å²) in [5, 5.41) is 0. The first-order valence-electron chi connectivity index (χ1n) is 3.94. The van der Waals surface area contributed by atoms with Crippen LogP contribution in [0.3, 0.4) is 0 Å². The maximum Gasteiger partial charge on any atom is 0.525 e. The number of para-hydroxylation sites is 1. The van der Waals surface area contributed by atoms with Crippen LogP contribution >= 0.6 is 7.82 Å². The number of ether oxygens (including phenoxy) is 2. The smallest absolute Gasteiger partial charge is 0.493 e. The molecule has 0 saturated heterocycles. The number of rotatable bonds is 4. The molecule has 0 aliphatic carbocycles. The maximum absolute atomic E-state index is 10.7. The van der Waals surface area contributed by atoms with E-state index in [1.165, 1.54) is 26.4 Å². The Bertz CT molecular complexity index is 362. The Morgan fingerprint density at radius 2 is 1.60 bits per heavy atom. The highest BCUT2D eigenvalue weighted by molar-refractivity contribution is 7.46. The van der Waals surface area contributed by atoms with Gasteiger partial charge in [0.25, 0.3) is 0 Å². The summed E-state index contributed by atoms with van der Waals surface area (Å²) in [4.78, 5) is 17.4. The molecule has 1 aromatic carbocycles. The van der Waals surface area contributed by atoms with Crippen molar-refractivity contribution in [3.63, 3.8) is 0 Å². The lowest BCUT2D eigenvalue weighted by atomic mass is 10.3. The minimum absolute atomic E-state index is 0.115. The fraction of sp³-hybridized carbons (Fsp3) is 0.250. The minimum Gasteiger partial charge on any atom is -0.493 e. The zero-order valence-corrected chi connectivity index (χ0v) is 9.10. The average Bonchev–Trinajstić information content (AvgIpc) is 2.16. The minimum atomic E-state index is -4.63. The van der Waals surface area contributed by atoms with Crippen LogP contribution in [0.2, 0.25) is 0 Å². The van der Waals surface area contributed by atoms with E-state index in [9.17, 15) is 4.57 Å². The van der Waals surface area contributed by atoms with Gasteiger partial charge in [-0.15, -0.1) is 0 Å². The summed E-state index contributed by atoms with van der Waals surface area (Å²) in [6, 6.07) is 4.63. The number of phosphoric acid groups is 1. The van der Waals surface area contributed by atoms with Gasteiger partial charge >= 0.3 is 7.82 Å². The summed E-state index contributed by atoms with van der Waals surface area (Å²) in [6.07, 6.45) is 0. The molecule has 0 aliphatic heterocycles. The SMILES string of the molecule is COc1cccc(OC)c1OP(=O)(O)O. The molecule has 0 unspecified atom stereocenters. The first-order valence-corrected chi connectivity index (χ1v) is 5.47. The second-order valence-corrected chi connectivity index (χ2v) is 3.74. The first-order chi connectivity index (χ1) is 6.98. The van der Waals surface area contributed by atoms with E-state index >= 15 is 0 Å². The van der Waals surface area contributed by atoms with Crippen molar-refractivity contribution in [1.29, 1.82) is 0 Å². The largest absolute Gasteiger partial charge is 0.525 e. The van der Waals surface area contributed by atoms with E-state index in [-0.39, 0.29) is 17.2 Å². The summed E-state index contributed by atoms with van der Waals surface area (Å²) < 4.78 is 24.9. The molecular formula is C8H11O6P. The lowest BCUT2D eigenvalue weighted by Crippen LogP contribution is -1.96. The molecule has 0 spiro atoms. The lowest BCUT2D eigenvalue weighted by Gasteiger charge is -2.13. The predicted molar refractivity (Wildman–Crippen MR) is 52.2 cm³/mol. The Morgan fingerprint density at radius 3 is 1.93 bits per heavy atom. The molecule has 6 nitrogen and oxygen atoms in total. The fourth-order valence-electron chi connectivity index (χ4n) is 1.03. The number of methoxy groups -OCH3 is 2. The Labute approximate surface area is 86.6 Å². The van der Waals surface area contributed by atoms with E-state index in [1.807, 2.05) is 0 Å². The summed E-state index contributed by atoms with van der Waals surface area (Å²) in [7, 11) is -1.90. The molecule has 1 aromatic rings. The topological polar surface area (TPSA) is 85.2 Å². The second kappa shape index (κ2) is 4.53. The van der Waals surface area contributed by atoms with Crippen molar-refractivity contribution in [2.75, 3.05) is 14.2 Å². The highest BCUT2D eigenvalue weighted by Crippen LogP contribution is 2.46.